The molecule has 0 aromatic heterocycles. The molecule has 318 valence electrons. The van der Waals surface area contributed by atoms with Crippen molar-refractivity contribution in [3.05, 3.63) is 239 Å². The van der Waals surface area contributed by atoms with Gasteiger partial charge in [-0.05, 0) is 155 Å². The lowest BCUT2D eigenvalue weighted by atomic mass is 9.73. The van der Waals surface area contributed by atoms with E-state index in [1.54, 1.807) is 0 Å². The largest absolute Gasteiger partial charge is 0.311 e. The van der Waals surface area contributed by atoms with Gasteiger partial charge in [0.1, 0.15) is 0 Å². The Hall–Kier alpha value is -7.16. The molecule has 0 fully saturated rings. The van der Waals surface area contributed by atoms with Crippen LogP contribution in [0, 0.1) is 0 Å². The molecule has 7 aromatic carbocycles. The van der Waals surface area contributed by atoms with Crippen LogP contribution < -0.4 is 9.80 Å². The van der Waals surface area contributed by atoms with Crippen molar-refractivity contribution in [1.29, 1.82) is 0 Å². The van der Waals surface area contributed by atoms with Crippen LogP contribution in [-0.2, 0) is 11.8 Å². The lowest BCUT2D eigenvalue weighted by molar-refractivity contribution is 0.490. The molecule has 0 amide bonds. The Bertz CT molecular complexity index is 3050. The molecule has 3 aliphatic carbocycles. The van der Waals surface area contributed by atoms with Crippen LogP contribution in [0.15, 0.2) is 211 Å². The van der Waals surface area contributed by atoms with Crippen LogP contribution in [0.4, 0.5) is 22.7 Å². The number of hydrogen-bond donors (Lipinski definition) is 0. The number of benzene rings is 7. The van der Waals surface area contributed by atoms with E-state index in [2.05, 4.69) is 230 Å². The van der Waals surface area contributed by atoms with Gasteiger partial charge < -0.3 is 9.80 Å². The first kappa shape index (κ1) is 40.6. The lowest BCUT2D eigenvalue weighted by Gasteiger charge is -2.32. The predicted octanol–water partition coefficient (Wildman–Crippen LogP) is 17.3. The zero-order valence-electron chi connectivity index (χ0n) is 37.7. The summed E-state index contributed by atoms with van der Waals surface area (Å²) < 4.78 is 0. The number of allylic oxidation sites excluding steroid dienone is 6. The summed E-state index contributed by atoms with van der Waals surface area (Å²) in [6, 6.07) is 61.2. The number of hydrogen-bond acceptors (Lipinski definition) is 2. The minimum Gasteiger partial charge on any atom is -0.311 e. The van der Waals surface area contributed by atoms with Gasteiger partial charge in [-0.1, -0.05) is 178 Å². The molecule has 0 unspecified atom stereocenters. The molecule has 1 aliphatic heterocycles. The van der Waals surface area contributed by atoms with E-state index in [-0.39, 0.29) is 5.41 Å². The van der Waals surface area contributed by atoms with Crippen LogP contribution in [0.5, 0.6) is 0 Å². The van der Waals surface area contributed by atoms with Crippen molar-refractivity contribution >= 4 is 34.9 Å². The number of nitrogens with zero attached hydrogens (tertiary/aromatic N) is 2. The van der Waals surface area contributed by atoms with Crippen LogP contribution in [0.25, 0.3) is 45.5 Å². The highest BCUT2D eigenvalue weighted by Gasteiger charge is 2.41. The van der Waals surface area contributed by atoms with Gasteiger partial charge in [0.15, 0.2) is 0 Å². The Morgan fingerprint density at radius 2 is 1.17 bits per heavy atom. The Labute approximate surface area is 385 Å². The second-order valence-corrected chi connectivity index (χ2v) is 18.0. The smallest absolute Gasteiger partial charge is 0.0546 e. The fourth-order valence-corrected chi connectivity index (χ4v) is 11.1. The van der Waals surface area contributed by atoms with Crippen LogP contribution >= 0.6 is 0 Å². The number of para-hydroxylation sites is 2. The molecular weight excluding hydrogens is 785 g/mol. The number of anilines is 4. The van der Waals surface area contributed by atoms with E-state index >= 15 is 0 Å². The summed E-state index contributed by atoms with van der Waals surface area (Å²) in [5, 5.41) is 0. The molecule has 0 bridgehead atoms. The lowest BCUT2D eigenvalue weighted by Crippen LogP contribution is -2.24. The maximum atomic E-state index is 2.56. The van der Waals surface area contributed by atoms with Crippen molar-refractivity contribution in [2.75, 3.05) is 9.80 Å². The summed E-state index contributed by atoms with van der Waals surface area (Å²) in [6.07, 6.45) is 25.0. The highest BCUT2D eigenvalue weighted by molar-refractivity contribution is 5.91. The van der Waals surface area contributed by atoms with Crippen LogP contribution in [0.3, 0.4) is 0 Å². The zero-order valence-corrected chi connectivity index (χ0v) is 37.7. The predicted molar refractivity (Wildman–Crippen MR) is 277 cm³/mol. The zero-order chi connectivity index (χ0) is 43.7. The van der Waals surface area contributed by atoms with Gasteiger partial charge in [-0.15, -0.1) is 0 Å². The van der Waals surface area contributed by atoms with Gasteiger partial charge >= 0.3 is 0 Å². The van der Waals surface area contributed by atoms with E-state index in [0.29, 0.717) is 0 Å². The normalized spacial score (nSPS) is 15.8. The third-order valence-electron chi connectivity index (χ3n) is 14.5. The third kappa shape index (κ3) is 7.41. The Balaban J connectivity index is 0.924. The van der Waals surface area contributed by atoms with E-state index in [1.807, 2.05) is 0 Å². The monoisotopic (exact) mass is 840 g/mol. The highest BCUT2D eigenvalue weighted by Crippen LogP contribution is 2.54. The molecule has 0 radical (unpaired) electrons. The van der Waals surface area contributed by atoms with Crippen LogP contribution in [-0.4, -0.2) is 0 Å². The van der Waals surface area contributed by atoms with E-state index in [1.165, 1.54) is 101 Å². The molecule has 4 aliphatic rings. The summed E-state index contributed by atoms with van der Waals surface area (Å²) in [5.74, 6) is 0. The first-order valence-corrected chi connectivity index (χ1v) is 23.9. The first-order valence-electron chi connectivity index (χ1n) is 23.9. The van der Waals surface area contributed by atoms with Gasteiger partial charge in [0.25, 0.3) is 0 Å². The Kier molecular flexibility index (Phi) is 10.9. The summed E-state index contributed by atoms with van der Waals surface area (Å²) in [6.45, 7) is 4.74. The second kappa shape index (κ2) is 17.4. The molecule has 65 heavy (non-hydrogen) atoms. The van der Waals surface area contributed by atoms with Crippen molar-refractivity contribution in [3.63, 3.8) is 0 Å². The molecule has 11 rings (SSSR count). The fraction of sp³-hybridized carbons (Fsp3) is 0.175. The summed E-state index contributed by atoms with van der Waals surface area (Å²) in [7, 11) is 0. The van der Waals surface area contributed by atoms with Gasteiger partial charge in [-0.25, -0.2) is 0 Å². The average molecular weight is 841 g/mol. The standard InChI is InChI=1S/C63H56N2/c1-3-63(4-2)58-42-46(32-39-56(58)57-41-38-54(44-59(57)63)64(52-22-10-6-11-23-52)53-24-12-7-13-25-53)29-28-45-30-33-48(34-31-45)55-40-37-51(47-18-8-5-9-19-47)43-62(55)65-60-26-16-14-20-49(60)35-36-50-21-15-17-27-61(50)65/h5-6,8-12,14,16,18-34,37-44H,3-4,7,13,15,17,35-36H2,1-2H3/b29-28+. The number of aryl methyl sites for hydroxylation is 1. The summed E-state index contributed by atoms with van der Waals surface area (Å²) >= 11 is 0. The Morgan fingerprint density at radius 1 is 0.508 bits per heavy atom. The molecule has 7 aromatic rings. The molecule has 0 saturated heterocycles. The topological polar surface area (TPSA) is 6.48 Å². The minimum atomic E-state index is -0.0583. The summed E-state index contributed by atoms with van der Waals surface area (Å²) in [4.78, 5) is 5.00. The van der Waals surface area contributed by atoms with Crippen molar-refractivity contribution in [3.8, 4) is 33.4 Å². The van der Waals surface area contributed by atoms with E-state index in [4.69, 9.17) is 0 Å². The van der Waals surface area contributed by atoms with Crippen molar-refractivity contribution in [2.24, 2.45) is 0 Å². The highest BCUT2D eigenvalue weighted by atomic mass is 15.2. The van der Waals surface area contributed by atoms with Gasteiger partial charge in [0, 0.05) is 39.4 Å². The van der Waals surface area contributed by atoms with Gasteiger partial charge in [-0.3, -0.25) is 0 Å². The molecule has 0 N–H and O–H groups in total. The first-order chi connectivity index (χ1) is 32.1. The van der Waals surface area contributed by atoms with Crippen molar-refractivity contribution in [1.82, 2.24) is 0 Å². The summed E-state index contributed by atoms with van der Waals surface area (Å²) in [5.41, 5.74) is 23.3. The molecule has 2 nitrogen and oxygen atoms in total. The van der Waals surface area contributed by atoms with E-state index < -0.39 is 0 Å². The van der Waals surface area contributed by atoms with Crippen molar-refractivity contribution in [2.45, 2.75) is 70.6 Å². The quantitative estimate of drug-likeness (QED) is 0.127. The molecular formula is C63H56N2. The minimum absolute atomic E-state index is 0.0583. The molecule has 2 heteroatoms. The third-order valence-corrected chi connectivity index (χ3v) is 14.5. The molecule has 0 atom stereocenters. The number of fused-ring (bicyclic) bond motifs is 5. The maximum absolute atomic E-state index is 2.56. The van der Waals surface area contributed by atoms with Gasteiger partial charge in [0.2, 0.25) is 0 Å². The van der Waals surface area contributed by atoms with Gasteiger partial charge in [0.05, 0.1) is 5.69 Å². The average Bonchev–Trinajstić information content (AvgIpc) is 3.53. The van der Waals surface area contributed by atoms with E-state index in [0.717, 1.165) is 51.4 Å². The fourth-order valence-electron chi connectivity index (χ4n) is 11.1. The molecule has 0 saturated carbocycles. The van der Waals surface area contributed by atoms with E-state index in [9.17, 15) is 0 Å². The van der Waals surface area contributed by atoms with Crippen LogP contribution in [0.1, 0.15) is 86.6 Å². The van der Waals surface area contributed by atoms with Crippen LogP contribution in [0.2, 0.25) is 0 Å². The molecule has 0 spiro atoms. The van der Waals surface area contributed by atoms with Gasteiger partial charge in [-0.2, -0.15) is 0 Å². The Morgan fingerprint density at radius 3 is 1.95 bits per heavy atom. The van der Waals surface area contributed by atoms with Crippen molar-refractivity contribution < 1.29 is 0 Å². The number of rotatable bonds is 10. The molecule has 1 heterocycles. The SMILES string of the molecule is CCC1(CC)c2cc(/C=C/c3ccc(-c4ccc(-c5ccccc5)cc4N4C5=CCCC=C5CCc5ccccc54)cc3)ccc2-c2ccc(N(C3=CCCC=C3)c3ccccc3)cc21. The second-order valence-electron chi connectivity index (χ2n) is 18.0. The maximum Gasteiger partial charge on any atom is 0.0546 e.